The maximum absolute atomic E-state index is 12.8. The van der Waals surface area contributed by atoms with E-state index in [9.17, 15) is 28.6 Å². The highest BCUT2D eigenvalue weighted by Crippen LogP contribution is 2.32. The topological polar surface area (TPSA) is 188 Å². The van der Waals surface area contributed by atoms with Gasteiger partial charge in [-0.25, -0.2) is 23.1 Å². The number of nitro groups is 2. The Morgan fingerprint density at radius 1 is 0.943 bits per heavy atom. The molecule has 4 aromatic rings. The number of benzene rings is 2. The van der Waals surface area contributed by atoms with E-state index in [1.807, 2.05) is 0 Å². The normalized spacial score (nSPS) is 11.1. The Morgan fingerprint density at radius 3 is 2.14 bits per heavy atom. The molecule has 2 aromatic carbocycles. The van der Waals surface area contributed by atoms with Crippen LogP contribution in [0.5, 0.6) is 0 Å². The Kier molecular flexibility index (Phi) is 6.07. The Bertz CT molecular complexity index is 1490. The van der Waals surface area contributed by atoms with Crippen molar-refractivity contribution in [1.29, 1.82) is 0 Å². The molecule has 0 bridgehead atoms. The highest BCUT2D eigenvalue weighted by Gasteiger charge is 2.28. The highest BCUT2D eigenvalue weighted by molar-refractivity contribution is 7.92. The molecule has 2 aromatic heterocycles. The fourth-order valence-electron chi connectivity index (χ4n) is 3.12. The number of nitrogens with one attached hydrogen (secondary N) is 2. The lowest BCUT2D eigenvalue weighted by molar-refractivity contribution is -0.395. The van der Waals surface area contributed by atoms with E-state index in [0.29, 0.717) is 17.3 Å². The van der Waals surface area contributed by atoms with Crippen LogP contribution in [-0.4, -0.2) is 38.0 Å². The van der Waals surface area contributed by atoms with Crippen LogP contribution in [0.1, 0.15) is 5.56 Å². The number of aromatic nitrogens is 4. The lowest BCUT2D eigenvalue weighted by Crippen LogP contribution is -2.14. The molecule has 4 rings (SSSR count). The molecule has 0 saturated heterocycles. The Morgan fingerprint density at radius 2 is 1.57 bits per heavy atom. The molecule has 0 amide bonds. The van der Waals surface area contributed by atoms with Gasteiger partial charge < -0.3 is 5.32 Å². The second-order valence-corrected chi connectivity index (χ2v) is 8.80. The molecule has 0 atom stereocenters. The van der Waals surface area contributed by atoms with Gasteiger partial charge in [0.2, 0.25) is 0 Å². The summed E-state index contributed by atoms with van der Waals surface area (Å²) in [5.74, 6) is 1.01. The standard InChI is InChI=1S/C20H16N8O6S/c1-13-17(27(29)30)9-16(10-18(13)28(31)32)35(33,34)25-15-5-3-14(4-6-15)24-19-11-20(22-12-21-19)26-8-2-7-23-26/h2-12,25H,1H3,(H,21,22,24). The van der Waals surface area contributed by atoms with Crippen molar-refractivity contribution in [3.8, 4) is 5.82 Å². The van der Waals surface area contributed by atoms with E-state index >= 15 is 0 Å². The maximum Gasteiger partial charge on any atom is 0.280 e. The summed E-state index contributed by atoms with van der Waals surface area (Å²) in [5, 5.41) is 29.7. The summed E-state index contributed by atoms with van der Waals surface area (Å²) >= 11 is 0. The van der Waals surface area contributed by atoms with Crippen molar-refractivity contribution in [1.82, 2.24) is 19.7 Å². The summed E-state index contributed by atoms with van der Waals surface area (Å²) in [5.41, 5.74) is -0.854. The van der Waals surface area contributed by atoms with Gasteiger partial charge in [0, 0.05) is 42.0 Å². The molecule has 35 heavy (non-hydrogen) atoms. The molecule has 0 aliphatic heterocycles. The molecule has 15 heteroatoms. The molecule has 14 nitrogen and oxygen atoms in total. The first-order valence-corrected chi connectivity index (χ1v) is 11.3. The van der Waals surface area contributed by atoms with Gasteiger partial charge in [0.15, 0.2) is 5.82 Å². The minimum absolute atomic E-state index is 0.140. The quantitative estimate of drug-likeness (QED) is 0.270. The van der Waals surface area contributed by atoms with Crippen LogP contribution < -0.4 is 10.0 Å². The molecule has 0 fully saturated rings. The summed E-state index contributed by atoms with van der Waals surface area (Å²) < 4.78 is 29.4. The van der Waals surface area contributed by atoms with E-state index in [1.54, 1.807) is 41.3 Å². The third-order valence-corrected chi connectivity index (χ3v) is 6.19. The highest BCUT2D eigenvalue weighted by atomic mass is 32.2. The van der Waals surface area contributed by atoms with Crippen LogP contribution in [0.25, 0.3) is 5.82 Å². The van der Waals surface area contributed by atoms with E-state index in [0.717, 1.165) is 12.1 Å². The van der Waals surface area contributed by atoms with Gasteiger partial charge in [-0.15, -0.1) is 0 Å². The van der Waals surface area contributed by atoms with Crippen molar-refractivity contribution in [2.75, 3.05) is 10.0 Å². The minimum Gasteiger partial charge on any atom is -0.340 e. The van der Waals surface area contributed by atoms with Gasteiger partial charge in [-0.3, -0.25) is 25.0 Å². The van der Waals surface area contributed by atoms with Crippen molar-refractivity contribution < 1.29 is 18.3 Å². The number of nitro benzene ring substituents is 2. The number of hydrogen-bond acceptors (Lipinski definition) is 10. The summed E-state index contributed by atoms with van der Waals surface area (Å²) in [6.45, 7) is 1.18. The van der Waals surface area contributed by atoms with Gasteiger partial charge in [-0.05, 0) is 37.3 Å². The third kappa shape index (κ3) is 5.03. The average Bonchev–Trinajstić information content (AvgIpc) is 3.35. The van der Waals surface area contributed by atoms with Crippen molar-refractivity contribution in [3.63, 3.8) is 0 Å². The maximum atomic E-state index is 12.8. The molecule has 2 N–H and O–H groups in total. The van der Waals surface area contributed by atoms with Gasteiger partial charge in [-0.2, -0.15) is 5.10 Å². The second-order valence-electron chi connectivity index (χ2n) is 7.12. The average molecular weight is 496 g/mol. The van der Waals surface area contributed by atoms with Gasteiger partial charge in [0.05, 0.1) is 9.85 Å². The van der Waals surface area contributed by atoms with Gasteiger partial charge in [0.1, 0.15) is 22.6 Å². The molecule has 2 heterocycles. The molecule has 0 radical (unpaired) electrons. The van der Waals surface area contributed by atoms with Crippen molar-refractivity contribution in [3.05, 3.63) is 93.0 Å². The molecule has 0 unspecified atom stereocenters. The lowest BCUT2D eigenvalue weighted by atomic mass is 10.1. The number of hydrogen-bond donors (Lipinski definition) is 2. The first-order chi connectivity index (χ1) is 16.6. The zero-order valence-corrected chi connectivity index (χ0v) is 18.7. The van der Waals surface area contributed by atoms with Crippen LogP contribution >= 0.6 is 0 Å². The molecule has 0 spiro atoms. The van der Waals surface area contributed by atoms with Crippen LogP contribution in [0.15, 0.2) is 72.1 Å². The van der Waals surface area contributed by atoms with Gasteiger partial charge >= 0.3 is 0 Å². The smallest absolute Gasteiger partial charge is 0.280 e. The van der Waals surface area contributed by atoms with Crippen LogP contribution in [0.3, 0.4) is 0 Å². The Labute approximate surface area is 197 Å². The molecule has 0 aliphatic rings. The number of sulfonamides is 1. The van der Waals surface area contributed by atoms with E-state index < -0.39 is 36.1 Å². The fourth-order valence-corrected chi connectivity index (χ4v) is 4.22. The zero-order chi connectivity index (χ0) is 25.2. The first kappa shape index (κ1) is 23.2. The molecule has 0 saturated carbocycles. The minimum atomic E-state index is -4.35. The molecular formula is C20H16N8O6S. The second kappa shape index (κ2) is 9.14. The van der Waals surface area contributed by atoms with Gasteiger partial charge in [0.25, 0.3) is 21.4 Å². The SMILES string of the molecule is Cc1c([N+](=O)[O-])cc(S(=O)(=O)Nc2ccc(Nc3cc(-n4cccn4)ncn3)cc2)cc1[N+](=O)[O-]. The van der Waals surface area contributed by atoms with Crippen LogP contribution in [0.4, 0.5) is 28.6 Å². The van der Waals surface area contributed by atoms with E-state index in [1.165, 1.54) is 25.4 Å². The number of nitrogens with zero attached hydrogens (tertiary/aromatic N) is 6. The summed E-state index contributed by atoms with van der Waals surface area (Å²) in [6, 6.07) is 11.0. The third-order valence-electron chi connectivity index (χ3n) is 4.83. The number of rotatable bonds is 8. The lowest BCUT2D eigenvalue weighted by Gasteiger charge is -2.11. The summed E-state index contributed by atoms with van der Waals surface area (Å²) in [7, 11) is -4.35. The molecular weight excluding hydrogens is 480 g/mol. The van der Waals surface area contributed by atoms with E-state index in [4.69, 9.17) is 0 Å². The molecule has 0 aliphatic carbocycles. The number of anilines is 3. The zero-order valence-electron chi connectivity index (χ0n) is 17.9. The largest absolute Gasteiger partial charge is 0.340 e. The van der Waals surface area contributed by atoms with Crippen molar-refractivity contribution >= 4 is 38.6 Å². The predicted octanol–water partition coefficient (Wildman–Crippen LogP) is 3.33. The first-order valence-electron chi connectivity index (χ1n) is 9.79. The van der Waals surface area contributed by atoms with Crippen LogP contribution in [-0.2, 0) is 10.0 Å². The van der Waals surface area contributed by atoms with E-state index in [2.05, 4.69) is 25.1 Å². The van der Waals surface area contributed by atoms with Gasteiger partial charge in [-0.1, -0.05) is 0 Å². The fraction of sp³-hybridized carbons (Fsp3) is 0.0500. The van der Waals surface area contributed by atoms with Crippen molar-refractivity contribution in [2.45, 2.75) is 11.8 Å². The molecule has 178 valence electrons. The predicted molar refractivity (Wildman–Crippen MR) is 124 cm³/mol. The summed E-state index contributed by atoms with van der Waals surface area (Å²) in [4.78, 5) is 28.4. The monoisotopic (exact) mass is 496 g/mol. The van der Waals surface area contributed by atoms with Crippen molar-refractivity contribution in [2.24, 2.45) is 0 Å². The Hall–Kier alpha value is -4.92. The van der Waals surface area contributed by atoms with E-state index in [-0.39, 0.29) is 11.3 Å². The Balaban J connectivity index is 1.54. The van der Waals surface area contributed by atoms with Crippen LogP contribution in [0, 0.1) is 27.2 Å². The van der Waals surface area contributed by atoms with Crippen LogP contribution in [0.2, 0.25) is 0 Å². The summed E-state index contributed by atoms with van der Waals surface area (Å²) in [6.07, 6.45) is 4.70.